The van der Waals surface area contributed by atoms with Crippen LogP contribution in [0.2, 0.25) is 0 Å². The third kappa shape index (κ3) is 3.13. The Bertz CT molecular complexity index is 743. The minimum Gasteiger partial charge on any atom is -0.497 e. The number of methoxy groups -OCH3 is 1. The lowest BCUT2D eigenvalue weighted by Gasteiger charge is -2.27. The Morgan fingerprint density at radius 3 is 2.67 bits per heavy atom. The fourth-order valence-electron chi connectivity index (χ4n) is 3.78. The maximum Gasteiger partial charge on any atom is 0.352 e. The Morgan fingerprint density at radius 1 is 1.33 bits per heavy atom. The third-order valence-corrected chi connectivity index (χ3v) is 5.30. The Hall–Kier alpha value is -2.01. The van der Waals surface area contributed by atoms with Crippen LogP contribution in [0.1, 0.15) is 48.7 Å². The van der Waals surface area contributed by atoms with Crippen LogP contribution in [0, 0.1) is 5.92 Å². The lowest BCUT2D eigenvalue weighted by Crippen LogP contribution is -2.32. The second-order valence-electron chi connectivity index (χ2n) is 6.91. The number of carboxylic acids is 1. The lowest BCUT2D eigenvalue weighted by molar-refractivity contribution is 0.0685. The molecule has 2 N–H and O–H groups in total. The molecule has 0 unspecified atom stereocenters. The number of carbonyl (C=O) groups is 1. The van der Waals surface area contributed by atoms with Crippen molar-refractivity contribution in [1.29, 1.82) is 0 Å². The molecule has 130 valence electrons. The molecule has 1 aliphatic carbocycles. The fraction of sp³-hybridized carbons (Fsp3) is 0.526. The number of ether oxygens (including phenoxy) is 1. The van der Waals surface area contributed by atoms with E-state index in [9.17, 15) is 9.90 Å². The van der Waals surface area contributed by atoms with E-state index in [4.69, 9.17) is 4.74 Å². The van der Waals surface area contributed by atoms with Crippen molar-refractivity contribution >= 4 is 16.9 Å². The lowest BCUT2D eigenvalue weighted by atomic mass is 9.87. The van der Waals surface area contributed by atoms with Crippen LogP contribution in [0.5, 0.6) is 5.75 Å². The van der Waals surface area contributed by atoms with E-state index in [1.807, 2.05) is 18.2 Å². The maximum absolute atomic E-state index is 11.8. The van der Waals surface area contributed by atoms with Crippen molar-refractivity contribution in [2.45, 2.75) is 45.2 Å². The average molecular weight is 330 g/mol. The Morgan fingerprint density at radius 2 is 2.04 bits per heavy atom. The number of hydrogen-bond donors (Lipinski definition) is 2. The number of aryl methyl sites for hydroxylation is 1. The monoisotopic (exact) mass is 330 g/mol. The van der Waals surface area contributed by atoms with Crippen molar-refractivity contribution in [2.24, 2.45) is 13.0 Å². The number of hydrogen-bond acceptors (Lipinski definition) is 3. The number of rotatable bonds is 5. The largest absolute Gasteiger partial charge is 0.497 e. The van der Waals surface area contributed by atoms with E-state index in [2.05, 4.69) is 12.2 Å². The van der Waals surface area contributed by atoms with Gasteiger partial charge in [0.25, 0.3) is 0 Å². The summed E-state index contributed by atoms with van der Waals surface area (Å²) in [6.45, 7) is 2.89. The normalized spacial score (nSPS) is 21.1. The summed E-state index contributed by atoms with van der Waals surface area (Å²) in [5.74, 6) is 0.658. The first-order chi connectivity index (χ1) is 11.5. The second-order valence-corrected chi connectivity index (χ2v) is 6.91. The van der Waals surface area contributed by atoms with Gasteiger partial charge in [0.2, 0.25) is 0 Å². The molecule has 1 fully saturated rings. The number of benzene rings is 1. The standard InChI is InChI=1S/C19H26N2O3/c1-12-4-6-13(7-5-12)20-11-16-15-9-8-14(24-3)10-17(15)21(2)18(16)19(22)23/h8-10,12-13,20H,4-7,11H2,1-3H3,(H,22,23). The molecule has 0 bridgehead atoms. The van der Waals surface area contributed by atoms with Crippen LogP contribution in [0.15, 0.2) is 18.2 Å². The summed E-state index contributed by atoms with van der Waals surface area (Å²) in [5, 5.41) is 14.2. The van der Waals surface area contributed by atoms with E-state index in [1.54, 1.807) is 18.7 Å². The van der Waals surface area contributed by atoms with Gasteiger partial charge in [-0.1, -0.05) is 6.92 Å². The van der Waals surface area contributed by atoms with Gasteiger partial charge in [-0.15, -0.1) is 0 Å². The summed E-state index contributed by atoms with van der Waals surface area (Å²) in [5.41, 5.74) is 2.11. The molecular formula is C19H26N2O3. The predicted molar refractivity (Wildman–Crippen MR) is 94.7 cm³/mol. The molecule has 0 radical (unpaired) electrons. The van der Waals surface area contributed by atoms with Crippen LogP contribution in [-0.4, -0.2) is 28.8 Å². The van der Waals surface area contributed by atoms with Gasteiger partial charge in [-0.25, -0.2) is 4.79 Å². The molecule has 1 aliphatic rings. The van der Waals surface area contributed by atoms with Crippen molar-refractivity contribution in [3.05, 3.63) is 29.5 Å². The zero-order valence-electron chi connectivity index (χ0n) is 14.6. The van der Waals surface area contributed by atoms with Crippen molar-refractivity contribution < 1.29 is 14.6 Å². The predicted octanol–water partition coefficient (Wildman–Crippen LogP) is 3.55. The van der Waals surface area contributed by atoms with Crippen molar-refractivity contribution in [2.75, 3.05) is 7.11 Å². The van der Waals surface area contributed by atoms with E-state index in [0.717, 1.165) is 28.1 Å². The highest BCUT2D eigenvalue weighted by molar-refractivity contribution is 5.98. The van der Waals surface area contributed by atoms with Crippen LogP contribution in [0.25, 0.3) is 10.9 Å². The fourth-order valence-corrected chi connectivity index (χ4v) is 3.78. The van der Waals surface area contributed by atoms with E-state index >= 15 is 0 Å². The molecule has 0 aliphatic heterocycles. The van der Waals surface area contributed by atoms with Gasteiger partial charge in [0.1, 0.15) is 11.4 Å². The van der Waals surface area contributed by atoms with Crippen LogP contribution < -0.4 is 10.1 Å². The van der Waals surface area contributed by atoms with Gasteiger partial charge in [-0.3, -0.25) is 0 Å². The molecule has 5 heteroatoms. The minimum absolute atomic E-state index is 0.356. The molecule has 0 atom stereocenters. The Labute approximate surface area is 142 Å². The van der Waals surface area contributed by atoms with Crippen molar-refractivity contribution in [1.82, 2.24) is 9.88 Å². The van der Waals surface area contributed by atoms with Crippen molar-refractivity contribution in [3.63, 3.8) is 0 Å². The summed E-state index contributed by atoms with van der Waals surface area (Å²) >= 11 is 0. The Kier molecular flexibility index (Phi) is 4.81. The highest BCUT2D eigenvalue weighted by atomic mass is 16.5. The van der Waals surface area contributed by atoms with Gasteiger partial charge in [-0.05, 0) is 43.7 Å². The summed E-state index contributed by atoms with van der Waals surface area (Å²) in [6, 6.07) is 6.23. The summed E-state index contributed by atoms with van der Waals surface area (Å²) in [6.07, 6.45) is 4.83. The quantitative estimate of drug-likeness (QED) is 0.880. The smallest absolute Gasteiger partial charge is 0.352 e. The first kappa shape index (κ1) is 16.8. The highest BCUT2D eigenvalue weighted by Crippen LogP contribution is 2.30. The number of nitrogens with one attached hydrogen (secondary N) is 1. The van der Waals surface area contributed by atoms with E-state index < -0.39 is 5.97 Å². The van der Waals surface area contributed by atoms with Crippen LogP contribution in [-0.2, 0) is 13.6 Å². The summed E-state index contributed by atoms with van der Waals surface area (Å²) in [7, 11) is 3.42. The molecule has 1 heterocycles. The highest BCUT2D eigenvalue weighted by Gasteiger charge is 2.23. The van der Waals surface area contributed by atoms with E-state index in [1.165, 1.54) is 25.7 Å². The molecule has 2 aromatic rings. The number of carboxylic acid groups (broad SMARTS) is 1. The number of nitrogens with zero attached hydrogens (tertiary/aromatic N) is 1. The van der Waals surface area contributed by atoms with Gasteiger partial charge in [-0.2, -0.15) is 0 Å². The molecular weight excluding hydrogens is 304 g/mol. The topological polar surface area (TPSA) is 63.5 Å². The molecule has 24 heavy (non-hydrogen) atoms. The van der Waals surface area contributed by atoms with Gasteiger partial charge in [0, 0.05) is 36.7 Å². The average Bonchev–Trinajstić information content (AvgIpc) is 2.86. The molecule has 1 aromatic heterocycles. The molecule has 3 rings (SSSR count). The summed E-state index contributed by atoms with van der Waals surface area (Å²) in [4.78, 5) is 11.8. The molecule has 0 saturated heterocycles. The first-order valence-corrected chi connectivity index (χ1v) is 8.63. The van der Waals surface area contributed by atoms with Gasteiger partial charge < -0.3 is 19.7 Å². The van der Waals surface area contributed by atoms with Gasteiger partial charge in [0.15, 0.2) is 0 Å². The zero-order chi connectivity index (χ0) is 17.3. The first-order valence-electron chi connectivity index (χ1n) is 8.63. The van der Waals surface area contributed by atoms with Crippen LogP contribution in [0.3, 0.4) is 0 Å². The molecule has 0 spiro atoms. The zero-order valence-corrected chi connectivity index (χ0v) is 14.6. The van der Waals surface area contributed by atoms with Crippen LogP contribution >= 0.6 is 0 Å². The molecule has 5 nitrogen and oxygen atoms in total. The minimum atomic E-state index is -0.887. The second kappa shape index (κ2) is 6.85. The number of fused-ring (bicyclic) bond motifs is 1. The summed E-state index contributed by atoms with van der Waals surface area (Å²) < 4.78 is 7.03. The van der Waals surface area contributed by atoms with Crippen LogP contribution in [0.4, 0.5) is 0 Å². The maximum atomic E-state index is 11.8. The molecule has 1 aromatic carbocycles. The number of aromatic nitrogens is 1. The third-order valence-electron chi connectivity index (χ3n) is 5.30. The van der Waals surface area contributed by atoms with Gasteiger partial charge >= 0.3 is 5.97 Å². The SMILES string of the molecule is COc1ccc2c(CNC3CCC(C)CC3)c(C(=O)O)n(C)c2c1. The Balaban J connectivity index is 1.90. The number of aromatic carboxylic acids is 1. The van der Waals surface area contributed by atoms with Crippen molar-refractivity contribution in [3.8, 4) is 5.75 Å². The van der Waals surface area contributed by atoms with E-state index in [0.29, 0.717) is 18.3 Å². The van der Waals surface area contributed by atoms with Gasteiger partial charge in [0.05, 0.1) is 12.6 Å². The van der Waals surface area contributed by atoms with E-state index in [-0.39, 0.29) is 0 Å². The molecule has 0 amide bonds. The molecule has 1 saturated carbocycles.